The fourth-order valence-corrected chi connectivity index (χ4v) is 3.01. The lowest BCUT2D eigenvalue weighted by atomic mass is 10.1. The molecule has 7 heteroatoms. The second-order valence-electron chi connectivity index (χ2n) is 5.16. The molecule has 6 nitrogen and oxygen atoms in total. The zero-order valence-corrected chi connectivity index (χ0v) is 11.5. The number of piperidine rings is 1. The van der Waals surface area contributed by atoms with E-state index in [-0.39, 0.29) is 11.9 Å². The molecule has 0 unspecified atom stereocenters. The van der Waals surface area contributed by atoms with Crippen LogP contribution in [0.5, 0.6) is 0 Å². The Morgan fingerprint density at radius 1 is 1.17 bits per heavy atom. The van der Waals surface area contributed by atoms with E-state index >= 15 is 0 Å². The van der Waals surface area contributed by atoms with Crippen LogP contribution in [0.25, 0.3) is 0 Å². The van der Waals surface area contributed by atoms with Gasteiger partial charge in [-0.15, -0.1) is 0 Å². The van der Waals surface area contributed by atoms with Crippen LogP contribution in [0.4, 0.5) is 0 Å². The SMILES string of the molecule is CS(=O)(=O)N1CCC(NCC(=O)NC2CC2)CC1. The van der Waals surface area contributed by atoms with E-state index < -0.39 is 10.0 Å². The second-order valence-corrected chi connectivity index (χ2v) is 7.14. The maximum absolute atomic E-state index is 11.5. The number of amides is 1. The van der Waals surface area contributed by atoms with E-state index in [0.717, 1.165) is 25.7 Å². The molecule has 0 spiro atoms. The Kier molecular flexibility index (Phi) is 4.24. The van der Waals surface area contributed by atoms with Gasteiger partial charge in [0.2, 0.25) is 15.9 Å². The van der Waals surface area contributed by atoms with E-state index in [1.807, 2.05) is 0 Å². The first kappa shape index (κ1) is 13.8. The van der Waals surface area contributed by atoms with E-state index in [9.17, 15) is 13.2 Å². The van der Waals surface area contributed by atoms with Gasteiger partial charge in [-0.3, -0.25) is 4.79 Å². The second kappa shape index (κ2) is 5.54. The summed E-state index contributed by atoms with van der Waals surface area (Å²) >= 11 is 0. The first-order valence-corrected chi connectivity index (χ1v) is 8.28. The Morgan fingerprint density at radius 2 is 1.78 bits per heavy atom. The third-order valence-electron chi connectivity index (χ3n) is 3.42. The van der Waals surface area contributed by atoms with Crippen molar-refractivity contribution in [2.24, 2.45) is 0 Å². The van der Waals surface area contributed by atoms with Gasteiger partial charge >= 0.3 is 0 Å². The van der Waals surface area contributed by atoms with Gasteiger partial charge in [-0.05, 0) is 25.7 Å². The van der Waals surface area contributed by atoms with Crippen molar-refractivity contribution in [3.05, 3.63) is 0 Å². The standard InChI is InChI=1S/C11H21N3O3S/c1-18(16,17)14-6-4-9(5-7-14)12-8-11(15)13-10-2-3-10/h9-10,12H,2-8H2,1H3,(H,13,15). The number of sulfonamides is 1. The maximum atomic E-state index is 11.5. The minimum atomic E-state index is -3.06. The lowest BCUT2D eigenvalue weighted by molar-refractivity contribution is -0.120. The fraction of sp³-hybridized carbons (Fsp3) is 0.909. The third kappa shape index (κ3) is 4.22. The van der Waals surface area contributed by atoms with Crippen molar-refractivity contribution in [3.63, 3.8) is 0 Å². The molecule has 2 rings (SSSR count). The Bertz CT molecular complexity index is 398. The number of rotatable bonds is 5. The first-order valence-electron chi connectivity index (χ1n) is 6.43. The molecule has 2 N–H and O–H groups in total. The smallest absolute Gasteiger partial charge is 0.234 e. The summed E-state index contributed by atoms with van der Waals surface area (Å²) in [5, 5.41) is 6.11. The Morgan fingerprint density at radius 3 is 2.28 bits per heavy atom. The predicted octanol–water partition coefficient (Wildman–Crippen LogP) is -0.721. The summed E-state index contributed by atoms with van der Waals surface area (Å²) in [5.41, 5.74) is 0. The first-order chi connectivity index (χ1) is 8.45. The molecular formula is C11H21N3O3S. The van der Waals surface area contributed by atoms with Gasteiger partial charge in [-0.25, -0.2) is 12.7 Å². The number of hydrogen-bond donors (Lipinski definition) is 2. The van der Waals surface area contributed by atoms with Crippen LogP contribution in [0.1, 0.15) is 25.7 Å². The third-order valence-corrected chi connectivity index (χ3v) is 4.72. The van der Waals surface area contributed by atoms with Crippen molar-refractivity contribution < 1.29 is 13.2 Å². The molecular weight excluding hydrogens is 254 g/mol. The van der Waals surface area contributed by atoms with Crippen LogP contribution in [0, 0.1) is 0 Å². The van der Waals surface area contributed by atoms with Crippen molar-refractivity contribution in [1.29, 1.82) is 0 Å². The average Bonchev–Trinajstić information content (AvgIpc) is 3.10. The Labute approximate surface area is 108 Å². The molecule has 2 fully saturated rings. The van der Waals surface area contributed by atoms with Gasteiger partial charge in [0.1, 0.15) is 0 Å². The molecule has 0 bridgehead atoms. The van der Waals surface area contributed by atoms with Crippen molar-refractivity contribution in [2.75, 3.05) is 25.9 Å². The predicted molar refractivity (Wildman–Crippen MR) is 68.6 cm³/mol. The summed E-state index contributed by atoms with van der Waals surface area (Å²) < 4.78 is 24.2. The highest BCUT2D eigenvalue weighted by Crippen LogP contribution is 2.18. The highest BCUT2D eigenvalue weighted by Gasteiger charge is 2.26. The molecule has 1 saturated heterocycles. The molecule has 0 radical (unpaired) electrons. The van der Waals surface area contributed by atoms with Gasteiger partial charge in [-0.1, -0.05) is 0 Å². The van der Waals surface area contributed by atoms with E-state index in [1.165, 1.54) is 10.6 Å². The highest BCUT2D eigenvalue weighted by atomic mass is 32.2. The monoisotopic (exact) mass is 275 g/mol. The molecule has 0 aromatic heterocycles. The molecule has 1 saturated carbocycles. The van der Waals surface area contributed by atoms with E-state index in [0.29, 0.717) is 25.7 Å². The molecule has 1 amide bonds. The Balaban J connectivity index is 1.65. The number of nitrogens with one attached hydrogen (secondary N) is 2. The lowest BCUT2D eigenvalue weighted by Crippen LogP contribution is -2.47. The molecule has 104 valence electrons. The molecule has 0 aromatic carbocycles. The molecule has 18 heavy (non-hydrogen) atoms. The van der Waals surface area contributed by atoms with Crippen molar-refractivity contribution in [2.45, 2.75) is 37.8 Å². The zero-order chi connectivity index (χ0) is 13.2. The summed E-state index contributed by atoms with van der Waals surface area (Å²) in [4.78, 5) is 11.5. The van der Waals surface area contributed by atoms with Crippen molar-refractivity contribution >= 4 is 15.9 Å². The van der Waals surface area contributed by atoms with Crippen LogP contribution in [-0.4, -0.2) is 56.6 Å². The van der Waals surface area contributed by atoms with Crippen LogP contribution < -0.4 is 10.6 Å². The quantitative estimate of drug-likeness (QED) is 0.694. The van der Waals surface area contributed by atoms with Crippen LogP contribution in [0.15, 0.2) is 0 Å². The van der Waals surface area contributed by atoms with Crippen molar-refractivity contribution in [1.82, 2.24) is 14.9 Å². The Hall–Kier alpha value is -0.660. The molecule has 1 aliphatic carbocycles. The van der Waals surface area contributed by atoms with Gasteiger partial charge < -0.3 is 10.6 Å². The topological polar surface area (TPSA) is 78.5 Å². The minimum Gasteiger partial charge on any atom is -0.352 e. The van der Waals surface area contributed by atoms with Gasteiger partial charge in [0.15, 0.2) is 0 Å². The van der Waals surface area contributed by atoms with Crippen molar-refractivity contribution in [3.8, 4) is 0 Å². The molecule has 0 aromatic rings. The normalized spacial score (nSPS) is 22.9. The van der Waals surface area contributed by atoms with Crippen LogP contribution in [0.2, 0.25) is 0 Å². The van der Waals surface area contributed by atoms with Gasteiger partial charge in [0.25, 0.3) is 0 Å². The van der Waals surface area contributed by atoms with Gasteiger partial charge in [0, 0.05) is 25.2 Å². The molecule has 2 aliphatic rings. The van der Waals surface area contributed by atoms with E-state index in [2.05, 4.69) is 10.6 Å². The number of carbonyl (C=O) groups excluding carboxylic acids is 1. The summed E-state index contributed by atoms with van der Waals surface area (Å²) in [7, 11) is -3.06. The fourth-order valence-electron chi connectivity index (χ4n) is 2.13. The summed E-state index contributed by atoms with van der Waals surface area (Å²) in [5.74, 6) is 0.0445. The number of carbonyl (C=O) groups is 1. The van der Waals surface area contributed by atoms with Gasteiger partial charge in [0.05, 0.1) is 12.8 Å². The summed E-state index contributed by atoms with van der Waals surface area (Å²) in [6, 6.07) is 0.638. The lowest BCUT2D eigenvalue weighted by Gasteiger charge is -2.30. The number of hydrogen-bond acceptors (Lipinski definition) is 4. The summed E-state index contributed by atoms with van der Waals surface area (Å²) in [6.07, 6.45) is 4.97. The van der Waals surface area contributed by atoms with Crippen LogP contribution >= 0.6 is 0 Å². The maximum Gasteiger partial charge on any atom is 0.234 e. The zero-order valence-electron chi connectivity index (χ0n) is 10.7. The van der Waals surface area contributed by atoms with E-state index in [4.69, 9.17) is 0 Å². The van der Waals surface area contributed by atoms with E-state index in [1.54, 1.807) is 0 Å². The highest BCUT2D eigenvalue weighted by molar-refractivity contribution is 7.88. The molecule has 1 aliphatic heterocycles. The minimum absolute atomic E-state index is 0.0445. The molecule has 1 heterocycles. The van der Waals surface area contributed by atoms with Gasteiger partial charge in [-0.2, -0.15) is 0 Å². The van der Waals surface area contributed by atoms with Crippen LogP contribution in [0.3, 0.4) is 0 Å². The largest absolute Gasteiger partial charge is 0.352 e. The average molecular weight is 275 g/mol. The molecule has 0 atom stereocenters. The number of nitrogens with zero attached hydrogens (tertiary/aromatic N) is 1. The van der Waals surface area contributed by atoms with Crippen LogP contribution in [-0.2, 0) is 14.8 Å². The summed E-state index contributed by atoms with van der Waals surface area (Å²) in [6.45, 7) is 1.42.